The first-order chi connectivity index (χ1) is 19.6. The molecule has 0 radical (unpaired) electrons. The molecule has 2 aliphatic heterocycles. The van der Waals surface area contributed by atoms with E-state index in [-0.39, 0.29) is 19.4 Å². The van der Waals surface area contributed by atoms with Crippen molar-refractivity contribution < 1.29 is 36.7 Å². The molecule has 42 heavy (non-hydrogen) atoms. The maximum atomic E-state index is 14.2. The van der Waals surface area contributed by atoms with Crippen molar-refractivity contribution in [2.24, 2.45) is 5.41 Å². The van der Waals surface area contributed by atoms with Crippen LogP contribution < -0.4 is 16.0 Å². The molecule has 0 bridgehead atoms. The Labute approximate surface area is 239 Å². The zero-order valence-electron chi connectivity index (χ0n) is 23.0. The molecule has 222 valence electrons. The van der Waals surface area contributed by atoms with Gasteiger partial charge in [-0.3, -0.25) is 19.2 Å². The van der Waals surface area contributed by atoms with E-state index in [1.807, 2.05) is 6.07 Å². The van der Waals surface area contributed by atoms with E-state index in [9.17, 15) is 42.0 Å². The van der Waals surface area contributed by atoms with Gasteiger partial charge < -0.3 is 20.9 Å². The number of hydrogen-bond donors (Lipinski definition) is 3. The lowest BCUT2D eigenvalue weighted by Crippen LogP contribution is -2.60. The summed E-state index contributed by atoms with van der Waals surface area (Å²) < 4.78 is 53.3. The van der Waals surface area contributed by atoms with Crippen molar-refractivity contribution >= 4 is 29.3 Å². The number of nitriles is 1. The highest BCUT2D eigenvalue weighted by Crippen LogP contribution is 2.46. The molecule has 2 aromatic carbocycles. The zero-order chi connectivity index (χ0) is 31.0. The fraction of sp³-hybridized carbons (Fsp3) is 0.414. The first-order valence-electron chi connectivity index (χ1n) is 13.1. The van der Waals surface area contributed by atoms with Crippen LogP contribution in [0.2, 0.25) is 0 Å². The van der Waals surface area contributed by atoms with Crippen molar-refractivity contribution in [2.45, 2.75) is 63.3 Å². The molecule has 0 aliphatic carbocycles. The molecular weight excluding hydrogens is 558 g/mol. The highest BCUT2D eigenvalue weighted by atomic mass is 19.4. The summed E-state index contributed by atoms with van der Waals surface area (Å²) in [4.78, 5) is 53.4. The number of hydrogen-bond acceptors (Lipinski definition) is 5. The molecule has 1 fully saturated rings. The molecule has 3 N–H and O–H groups in total. The van der Waals surface area contributed by atoms with Crippen molar-refractivity contribution in [3.63, 3.8) is 0 Å². The van der Waals surface area contributed by atoms with Crippen LogP contribution in [0.5, 0.6) is 0 Å². The molecule has 4 rings (SSSR count). The van der Waals surface area contributed by atoms with Crippen molar-refractivity contribution in [3.8, 4) is 6.07 Å². The van der Waals surface area contributed by atoms with Crippen molar-refractivity contribution in [1.82, 2.24) is 15.5 Å². The second kappa shape index (κ2) is 11.1. The number of carbonyl (C=O) groups is 4. The van der Waals surface area contributed by atoms with Gasteiger partial charge in [0.05, 0.1) is 11.5 Å². The molecule has 4 atom stereocenters. The van der Waals surface area contributed by atoms with Gasteiger partial charge in [-0.1, -0.05) is 51.1 Å². The van der Waals surface area contributed by atoms with Crippen molar-refractivity contribution in [3.05, 3.63) is 65.5 Å². The Morgan fingerprint density at radius 3 is 2.38 bits per heavy atom. The van der Waals surface area contributed by atoms with Gasteiger partial charge in [-0.2, -0.15) is 18.4 Å². The summed E-state index contributed by atoms with van der Waals surface area (Å²) in [6, 6.07) is 10.0. The monoisotopic (exact) mass is 587 g/mol. The van der Waals surface area contributed by atoms with E-state index in [1.54, 1.807) is 35.6 Å². The number of benzene rings is 2. The number of nitrogens with one attached hydrogen (secondary N) is 3. The number of fused-ring (bicyclic) bond motifs is 2. The van der Waals surface area contributed by atoms with Gasteiger partial charge in [-0.25, -0.2) is 4.39 Å². The van der Waals surface area contributed by atoms with Gasteiger partial charge in [-0.05, 0) is 34.7 Å². The highest BCUT2D eigenvalue weighted by molar-refractivity contribution is 6.07. The summed E-state index contributed by atoms with van der Waals surface area (Å²) in [5, 5.41) is 16.8. The minimum Gasteiger partial charge on any atom is -0.342 e. The minimum atomic E-state index is -5.25. The van der Waals surface area contributed by atoms with Crippen LogP contribution in [0, 0.1) is 22.6 Å². The smallest absolute Gasteiger partial charge is 0.342 e. The Kier molecular flexibility index (Phi) is 8.04. The van der Waals surface area contributed by atoms with Gasteiger partial charge >= 0.3 is 12.1 Å². The molecule has 13 heteroatoms. The third-order valence-corrected chi connectivity index (χ3v) is 7.53. The first-order valence-corrected chi connectivity index (χ1v) is 13.1. The van der Waals surface area contributed by atoms with Crippen LogP contribution in [0.3, 0.4) is 0 Å². The molecule has 0 saturated carbocycles. The fourth-order valence-corrected chi connectivity index (χ4v) is 5.39. The van der Waals surface area contributed by atoms with E-state index in [1.165, 1.54) is 39.0 Å². The van der Waals surface area contributed by atoms with Gasteiger partial charge in [0, 0.05) is 25.1 Å². The number of nitrogens with zero attached hydrogens (tertiary/aromatic N) is 2. The van der Waals surface area contributed by atoms with Crippen molar-refractivity contribution in [2.75, 3.05) is 11.9 Å². The molecule has 2 heterocycles. The topological polar surface area (TPSA) is 131 Å². The Bertz CT molecular complexity index is 1450. The number of likely N-dealkylation sites (tertiary alicyclic amines) is 1. The standard InChI is InChI=1S/C29H29F4N5O4/c1-27(2,3)22(37-26(42)29(31,32)33)23(39)35-21(11-16-7-5-4-6-8-16)24(40)38-15-28(13-18(38)14-34)19-12-17(30)9-10-20(19)36-25(28)41/h4-10,12,18,21-22H,11,13,15H2,1-3H3,(H,35,39)(H,36,41)(H,37,42)/t18-,21-,22+,28-/m0/s1. The van der Waals surface area contributed by atoms with Crippen LogP contribution in [-0.2, 0) is 31.0 Å². The Morgan fingerprint density at radius 2 is 1.79 bits per heavy atom. The van der Waals surface area contributed by atoms with Gasteiger partial charge in [0.15, 0.2) is 0 Å². The molecule has 0 aromatic heterocycles. The summed E-state index contributed by atoms with van der Waals surface area (Å²) >= 11 is 0. The maximum absolute atomic E-state index is 14.2. The average molecular weight is 588 g/mol. The van der Waals surface area contributed by atoms with Crippen molar-refractivity contribution in [1.29, 1.82) is 5.26 Å². The van der Waals surface area contributed by atoms with E-state index in [0.29, 0.717) is 16.8 Å². The molecule has 2 aliphatic rings. The maximum Gasteiger partial charge on any atom is 0.471 e. The fourth-order valence-electron chi connectivity index (χ4n) is 5.39. The Hall–Kier alpha value is -4.47. The van der Waals surface area contributed by atoms with Crippen LogP contribution in [0.4, 0.5) is 23.2 Å². The predicted molar refractivity (Wildman–Crippen MR) is 142 cm³/mol. The summed E-state index contributed by atoms with van der Waals surface area (Å²) in [6.45, 7) is 4.06. The predicted octanol–water partition coefficient (Wildman–Crippen LogP) is 2.96. The third-order valence-electron chi connectivity index (χ3n) is 7.53. The normalized spacial score (nSPS) is 21.2. The average Bonchev–Trinajstić information content (AvgIpc) is 3.43. The summed E-state index contributed by atoms with van der Waals surface area (Å²) in [5.74, 6) is -5.23. The molecule has 1 saturated heterocycles. The van der Waals surface area contributed by atoms with Crippen LogP contribution in [0.25, 0.3) is 0 Å². The van der Waals surface area contributed by atoms with E-state index in [2.05, 4.69) is 10.6 Å². The van der Waals surface area contributed by atoms with Gasteiger partial charge in [0.2, 0.25) is 17.7 Å². The zero-order valence-corrected chi connectivity index (χ0v) is 23.0. The van der Waals surface area contributed by atoms with Gasteiger partial charge in [0.25, 0.3) is 0 Å². The summed E-state index contributed by atoms with van der Waals surface area (Å²) in [6.07, 6.45) is -5.48. The van der Waals surface area contributed by atoms with Crippen LogP contribution in [-0.4, -0.2) is 59.4 Å². The molecule has 9 nitrogen and oxygen atoms in total. The van der Waals surface area contributed by atoms with Gasteiger partial charge in [0.1, 0.15) is 23.9 Å². The first kappa shape index (κ1) is 30.5. The SMILES string of the molecule is CC(C)(C)[C@H](NC(=O)C(F)(F)F)C(=O)N[C@@H](Cc1ccccc1)C(=O)N1C[C@]2(C[C@H]1C#N)C(=O)Nc1ccc(F)cc12. The van der Waals surface area contributed by atoms with Crippen LogP contribution >= 0.6 is 0 Å². The second-order valence-corrected chi connectivity index (χ2v) is 11.6. The molecule has 4 amide bonds. The second-order valence-electron chi connectivity index (χ2n) is 11.6. The third kappa shape index (κ3) is 5.93. The molecule has 2 aromatic rings. The number of carbonyl (C=O) groups excluding carboxylic acids is 4. The summed E-state index contributed by atoms with van der Waals surface area (Å²) in [5.41, 5.74) is -1.35. The molecule has 1 spiro atoms. The van der Waals surface area contributed by atoms with E-state index < -0.39 is 64.6 Å². The lowest BCUT2D eigenvalue weighted by Gasteiger charge is -2.33. The van der Waals surface area contributed by atoms with E-state index in [4.69, 9.17) is 0 Å². The number of rotatable bonds is 6. The van der Waals surface area contributed by atoms with Gasteiger partial charge in [-0.15, -0.1) is 0 Å². The lowest BCUT2D eigenvalue weighted by atomic mass is 9.79. The Morgan fingerprint density at radius 1 is 1.12 bits per heavy atom. The minimum absolute atomic E-state index is 0.103. The number of anilines is 1. The number of alkyl halides is 3. The number of halogens is 4. The highest BCUT2D eigenvalue weighted by Gasteiger charge is 2.57. The molecule has 0 unspecified atom stereocenters. The summed E-state index contributed by atoms with van der Waals surface area (Å²) in [7, 11) is 0. The van der Waals surface area contributed by atoms with E-state index in [0.717, 1.165) is 4.90 Å². The largest absolute Gasteiger partial charge is 0.471 e. The lowest BCUT2D eigenvalue weighted by molar-refractivity contribution is -0.175. The number of amides is 4. The van der Waals surface area contributed by atoms with Crippen LogP contribution in [0.1, 0.15) is 38.3 Å². The Balaban J connectivity index is 1.67. The molecular formula is C29H29F4N5O4. The van der Waals surface area contributed by atoms with Crippen LogP contribution in [0.15, 0.2) is 48.5 Å². The quantitative estimate of drug-likeness (QED) is 0.448. The van der Waals surface area contributed by atoms with E-state index >= 15 is 0 Å².